The first-order valence-corrected chi connectivity index (χ1v) is 6.51. The average molecular weight is 266 g/mol. The van der Waals surface area contributed by atoms with Crippen LogP contribution in [0.5, 0.6) is 0 Å². The summed E-state index contributed by atoms with van der Waals surface area (Å²) in [5.74, 6) is -0.360. The third-order valence-electron chi connectivity index (χ3n) is 3.16. The second-order valence-electron chi connectivity index (χ2n) is 4.68. The molecule has 0 unspecified atom stereocenters. The van der Waals surface area contributed by atoms with Gasteiger partial charge in [0.25, 0.3) is 0 Å². The van der Waals surface area contributed by atoms with Crippen LogP contribution >= 0.6 is 0 Å². The fraction of sp³-hybridized carbons (Fsp3) is 0.917. The van der Waals surface area contributed by atoms with Crippen LogP contribution in [0.15, 0.2) is 0 Å². The highest BCUT2D eigenvalue weighted by Crippen LogP contribution is 2.23. The molecule has 18 heavy (non-hydrogen) atoms. The van der Waals surface area contributed by atoms with E-state index >= 15 is 0 Å². The molecule has 0 aromatic carbocycles. The molecule has 1 aliphatic heterocycles. The molecule has 0 aromatic rings. The summed E-state index contributed by atoms with van der Waals surface area (Å²) in [5, 5.41) is 3.19. The number of hydrogen-bond acceptors (Lipinski definition) is 2. The minimum atomic E-state index is -4.25. The maximum atomic E-state index is 12.1. The van der Waals surface area contributed by atoms with E-state index in [9.17, 15) is 18.0 Å². The quantitative estimate of drug-likeness (QED) is 0.828. The SMILES string of the molecule is CCCN(C(=O)CCC(F)(F)F)C1CCNCC1. The van der Waals surface area contributed by atoms with Crippen LogP contribution in [0.2, 0.25) is 0 Å². The van der Waals surface area contributed by atoms with Crippen molar-refractivity contribution in [3.05, 3.63) is 0 Å². The van der Waals surface area contributed by atoms with Crippen molar-refractivity contribution in [1.29, 1.82) is 0 Å². The third-order valence-corrected chi connectivity index (χ3v) is 3.16. The highest BCUT2D eigenvalue weighted by molar-refractivity contribution is 5.76. The number of piperidine rings is 1. The fourth-order valence-electron chi connectivity index (χ4n) is 2.26. The number of carbonyl (C=O) groups excluding carboxylic acids is 1. The van der Waals surface area contributed by atoms with Gasteiger partial charge in [0.1, 0.15) is 0 Å². The topological polar surface area (TPSA) is 32.3 Å². The van der Waals surface area contributed by atoms with Crippen molar-refractivity contribution in [2.75, 3.05) is 19.6 Å². The van der Waals surface area contributed by atoms with Gasteiger partial charge in [-0.15, -0.1) is 0 Å². The smallest absolute Gasteiger partial charge is 0.340 e. The van der Waals surface area contributed by atoms with Gasteiger partial charge >= 0.3 is 6.18 Å². The van der Waals surface area contributed by atoms with Gasteiger partial charge in [0.2, 0.25) is 5.91 Å². The van der Waals surface area contributed by atoms with Crippen LogP contribution in [0, 0.1) is 0 Å². The Morgan fingerprint density at radius 3 is 2.44 bits per heavy atom. The fourth-order valence-corrected chi connectivity index (χ4v) is 2.26. The maximum Gasteiger partial charge on any atom is 0.389 e. The highest BCUT2D eigenvalue weighted by Gasteiger charge is 2.31. The first-order chi connectivity index (χ1) is 8.44. The number of alkyl halides is 3. The molecule has 0 saturated carbocycles. The minimum absolute atomic E-state index is 0.104. The second kappa shape index (κ2) is 6.97. The van der Waals surface area contributed by atoms with Crippen molar-refractivity contribution in [2.24, 2.45) is 0 Å². The second-order valence-corrected chi connectivity index (χ2v) is 4.68. The summed E-state index contributed by atoms with van der Waals surface area (Å²) in [4.78, 5) is 13.5. The van der Waals surface area contributed by atoms with Gasteiger partial charge in [-0.1, -0.05) is 6.92 Å². The number of hydrogen-bond donors (Lipinski definition) is 1. The van der Waals surface area contributed by atoms with E-state index in [1.807, 2.05) is 6.92 Å². The van der Waals surface area contributed by atoms with E-state index < -0.39 is 19.0 Å². The Hall–Kier alpha value is -0.780. The van der Waals surface area contributed by atoms with Gasteiger partial charge in [0, 0.05) is 19.0 Å². The summed E-state index contributed by atoms with van der Waals surface area (Å²) in [6.07, 6.45) is -3.25. The lowest BCUT2D eigenvalue weighted by atomic mass is 10.0. The molecule has 0 aliphatic carbocycles. The molecule has 6 heteroatoms. The number of rotatable bonds is 5. The molecule has 106 valence electrons. The predicted octanol–water partition coefficient (Wildman–Crippen LogP) is 2.32. The Kier molecular flexibility index (Phi) is 5.91. The van der Waals surface area contributed by atoms with E-state index in [2.05, 4.69) is 5.32 Å². The van der Waals surface area contributed by atoms with Crippen LogP contribution in [0.1, 0.15) is 39.0 Å². The van der Waals surface area contributed by atoms with Gasteiger partial charge < -0.3 is 10.2 Å². The molecule has 0 atom stereocenters. The first-order valence-electron chi connectivity index (χ1n) is 6.51. The molecular formula is C12H21F3N2O. The number of nitrogens with one attached hydrogen (secondary N) is 1. The molecule has 1 aliphatic rings. The largest absolute Gasteiger partial charge is 0.389 e. The molecular weight excluding hydrogens is 245 g/mol. The molecule has 0 bridgehead atoms. The lowest BCUT2D eigenvalue weighted by Gasteiger charge is -2.34. The molecule has 0 aromatic heterocycles. The zero-order chi connectivity index (χ0) is 13.6. The van der Waals surface area contributed by atoms with Crippen molar-refractivity contribution in [3.63, 3.8) is 0 Å². The van der Waals surface area contributed by atoms with Crippen molar-refractivity contribution in [2.45, 2.75) is 51.2 Å². The minimum Gasteiger partial charge on any atom is -0.340 e. The van der Waals surface area contributed by atoms with Crippen LogP contribution in [0.25, 0.3) is 0 Å². The van der Waals surface area contributed by atoms with E-state index in [-0.39, 0.29) is 11.9 Å². The van der Waals surface area contributed by atoms with E-state index in [1.54, 1.807) is 4.90 Å². The van der Waals surface area contributed by atoms with E-state index in [4.69, 9.17) is 0 Å². The van der Waals surface area contributed by atoms with Gasteiger partial charge in [-0.25, -0.2) is 0 Å². The number of nitrogens with zero attached hydrogens (tertiary/aromatic N) is 1. The Labute approximate surface area is 106 Å². The maximum absolute atomic E-state index is 12.1. The normalized spacial score (nSPS) is 17.8. The molecule has 1 rings (SSSR count). The van der Waals surface area contributed by atoms with Gasteiger partial charge in [-0.2, -0.15) is 13.2 Å². The Morgan fingerprint density at radius 1 is 1.33 bits per heavy atom. The number of halogens is 3. The first kappa shape index (κ1) is 15.3. The van der Waals surface area contributed by atoms with Crippen molar-refractivity contribution in [3.8, 4) is 0 Å². The Bertz CT molecular complexity index is 263. The lowest BCUT2D eigenvalue weighted by Crippen LogP contribution is -2.46. The van der Waals surface area contributed by atoms with Crippen LogP contribution in [-0.2, 0) is 4.79 Å². The Balaban J connectivity index is 2.51. The summed E-state index contributed by atoms with van der Waals surface area (Å²) in [5.41, 5.74) is 0. The molecule has 1 heterocycles. The summed E-state index contributed by atoms with van der Waals surface area (Å²) in [7, 11) is 0. The lowest BCUT2D eigenvalue weighted by molar-refractivity contribution is -0.150. The molecule has 1 amide bonds. The summed E-state index contributed by atoms with van der Waals surface area (Å²) >= 11 is 0. The standard InChI is InChI=1S/C12H21F3N2O/c1-2-9-17(10-4-7-16-8-5-10)11(18)3-6-12(13,14)15/h10,16H,2-9H2,1H3. The van der Waals surface area contributed by atoms with Gasteiger partial charge in [-0.3, -0.25) is 4.79 Å². The zero-order valence-electron chi connectivity index (χ0n) is 10.7. The average Bonchev–Trinajstić information content (AvgIpc) is 2.33. The monoisotopic (exact) mass is 266 g/mol. The molecule has 1 N–H and O–H groups in total. The van der Waals surface area contributed by atoms with Crippen LogP contribution in [-0.4, -0.2) is 42.7 Å². The third kappa shape index (κ3) is 5.25. The number of amides is 1. The van der Waals surface area contributed by atoms with Crippen molar-refractivity contribution >= 4 is 5.91 Å². The van der Waals surface area contributed by atoms with E-state index in [1.165, 1.54) is 0 Å². The summed E-state index contributed by atoms with van der Waals surface area (Å²) in [6, 6.07) is 0.104. The highest BCUT2D eigenvalue weighted by atomic mass is 19.4. The van der Waals surface area contributed by atoms with Gasteiger partial charge in [-0.05, 0) is 32.4 Å². The Morgan fingerprint density at radius 2 is 1.94 bits per heavy atom. The predicted molar refractivity (Wildman–Crippen MR) is 63.2 cm³/mol. The van der Waals surface area contributed by atoms with Crippen LogP contribution in [0.4, 0.5) is 13.2 Å². The molecule has 3 nitrogen and oxygen atoms in total. The van der Waals surface area contributed by atoms with Crippen molar-refractivity contribution in [1.82, 2.24) is 10.2 Å². The molecule has 1 saturated heterocycles. The molecule has 1 fully saturated rings. The molecule has 0 spiro atoms. The zero-order valence-corrected chi connectivity index (χ0v) is 10.7. The van der Waals surface area contributed by atoms with Crippen molar-refractivity contribution < 1.29 is 18.0 Å². The summed E-state index contributed by atoms with van der Waals surface area (Å²) in [6.45, 7) is 4.15. The summed E-state index contributed by atoms with van der Waals surface area (Å²) < 4.78 is 36.4. The van der Waals surface area contributed by atoms with E-state index in [0.29, 0.717) is 6.54 Å². The van der Waals surface area contributed by atoms with Gasteiger partial charge in [0.15, 0.2) is 0 Å². The molecule has 0 radical (unpaired) electrons. The van der Waals surface area contributed by atoms with Crippen LogP contribution < -0.4 is 5.32 Å². The van der Waals surface area contributed by atoms with Crippen LogP contribution in [0.3, 0.4) is 0 Å². The van der Waals surface area contributed by atoms with E-state index in [0.717, 1.165) is 32.4 Å². The number of carbonyl (C=O) groups is 1. The van der Waals surface area contributed by atoms with Gasteiger partial charge in [0.05, 0.1) is 6.42 Å².